The largest absolute Gasteiger partial charge is 0.494 e. The number of hydrogen-bond acceptors (Lipinski definition) is 1. The lowest BCUT2D eigenvalue weighted by molar-refractivity contribution is 0.237. The van der Waals surface area contributed by atoms with Crippen LogP contribution in [0.2, 0.25) is 0 Å². The number of ether oxygens (including phenoxy) is 1. The predicted molar refractivity (Wildman–Crippen MR) is 66.6 cm³/mol. The van der Waals surface area contributed by atoms with Gasteiger partial charge in [-0.2, -0.15) is 0 Å². The summed E-state index contributed by atoms with van der Waals surface area (Å²) in [7, 11) is 0. The molecule has 0 aromatic carbocycles. The average molecular weight is 265 g/mol. The van der Waals surface area contributed by atoms with Gasteiger partial charge in [0.1, 0.15) is 5.76 Å². The van der Waals surface area contributed by atoms with Crippen LogP contribution in [0.3, 0.4) is 0 Å². The van der Waals surface area contributed by atoms with Crippen LogP contribution >= 0.6 is 15.9 Å². The highest BCUT2D eigenvalue weighted by atomic mass is 79.9. The molecule has 0 spiro atoms. The van der Waals surface area contributed by atoms with Gasteiger partial charge < -0.3 is 4.74 Å². The summed E-state index contributed by atoms with van der Waals surface area (Å²) in [6.45, 7) is 2.72. The van der Waals surface area contributed by atoms with Crippen LogP contribution in [0.25, 0.3) is 0 Å². The highest BCUT2D eigenvalue weighted by molar-refractivity contribution is 9.11. The van der Waals surface area contributed by atoms with Crippen molar-refractivity contribution in [2.24, 2.45) is 0 Å². The predicted octanol–water partition coefficient (Wildman–Crippen LogP) is 4.01. The quantitative estimate of drug-likeness (QED) is 0.733. The topological polar surface area (TPSA) is 9.23 Å². The van der Waals surface area contributed by atoms with Crippen LogP contribution in [0.15, 0.2) is 57.8 Å². The summed E-state index contributed by atoms with van der Waals surface area (Å²) >= 11 is 3.56. The maximum absolute atomic E-state index is 5.61. The zero-order valence-electron chi connectivity index (χ0n) is 8.66. The summed E-state index contributed by atoms with van der Waals surface area (Å²) in [5, 5.41) is 0. The molecule has 0 amide bonds. The molecule has 2 bridgehead atoms. The van der Waals surface area contributed by atoms with Crippen molar-refractivity contribution in [2.75, 3.05) is 6.61 Å². The van der Waals surface area contributed by atoms with Gasteiger partial charge in [0.25, 0.3) is 0 Å². The third-order valence-electron chi connectivity index (χ3n) is 2.39. The molecule has 0 fully saturated rings. The lowest BCUT2D eigenvalue weighted by atomic mass is 10.1. The van der Waals surface area contributed by atoms with Crippen molar-refractivity contribution in [3.63, 3.8) is 0 Å². The van der Waals surface area contributed by atoms with E-state index in [9.17, 15) is 0 Å². The van der Waals surface area contributed by atoms with E-state index in [1.165, 1.54) is 11.1 Å². The van der Waals surface area contributed by atoms with Crippen molar-refractivity contribution >= 4 is 15.9 Å². The Hall–Kier alpha value is -1.02. The van der Waals surface area contributed by atoms with Crippen LogP contribution in [0.4, 0.5) is 0 Å². The molecule has 0 aliphatic heterocycles. The van der Waals surface area contributed by atoms with Crippen LogP contribution in [0.5, 0.6) is 0 Å². The second kappa shape index (κ2) is 4.67. The van der Waals surface area contributed by atoms with Crippen LogP contribution in [-0.4, -0.2) is 6.61 Å². The first-order valence-electron chi connectivity index (χ1n) is 5.08. The summed E-state index contributed by atoms with van der Waals surface area (Å²) in [6, 6.07) is 0. The average Bonchev–Trinajstić information content (AvgIpc) is 2.52. The molecule has 0 saturated carbocycles. The molecule has 15 heavy (non-hydrogen) atoms. The molecule has 0 radical (unpaired) electrons. The smallest absolute Gasteiger partial charge is 0.122 e. The molecule has 1 nitrogen and oxygen atoms in total. The summed E-state index contributed by atoms with van der Waals surface area (Å²) in [6.07, 6.45) is 13.4. The van der Waals surface area contributed by atoms with Crippen molar-refractivity contribution in [1.82, 2.24) is 0 Å². The first-order chi connectivity index (χ1) is 7.31. The SMILES string of the molecule is CCOC1=CC=CC2=C(Br)C=CC=C1C2. The fraction of sp³-hybridized carbons (Fsp3) is 0.231. The van der Waals surface area contributed by atoms with Crippen LogP contribution in [0.1, 0.15) is 13.3 Å². The van der Waals surface area contributed by atoms with Crippen molar-refractivity contribution in [1.29, 1.82) is 0 Å². The molecule has 0 N–H and O–H groups in total. The van der Waals surface area contributed by atoms with Crippen LogP contribution in [-0.2, 0) is 4.74 Å². The van der Waals surface area contributed by atoms with Gasteiger partial charge in [0.15, 0.2) is 0 Å². The van der Waals surface area contributed by atoms with E-state index in [-0.39, 0.29) is 0 Å². The van der Waals surface area contributed by atoms with E-state index in [2.05, 4.69) is 40.2 Å². The van der Waals surface area contributed by atoms with E-state index < -0.39 is 0 Å². The third-order valence-corrected chi connectivity index (χ3v) is 3.16. The minimum Gasteiger partial charge on any atom is -0.494 e. The number of hydrogen-bond donors (Lipinski definition) is 0. The van der Waals surface area contributed by atoms with E-state index >= 15 is 0 Å². The van der Waals surface area contributed by atoms with E-state index in [0.717, 1.165) is 16.7 Å². The first kappa shape index (κ1) is 10.5. The van der Waals surface area contributed by atoms with Gasteiger partial charge in [-0.15, -0.1) is 0 Å². The summed E-state index contributed by atoms with van der Waals surface area (Å²) in [5.41, 5.74) is 2.53. The lowest BCUT2D eigenvalue weighted by Crippen LogP contribution is -1.95. The summed E-state index contributed by atoms with van der Waals surface area (Å²) in [4.78, 5) is 0. The van der Waals surface area contributed by atoms with E-state index in [0.29, 0.717) is 6.61 Å². The minimum absolute atomic E-state index is 0.709. The van der Waals surface area contributed by atoms with E-state index in [4.69, 9.17) is 4.74 Å². The molecule has 0 unspecified atom stereocenters. The minimum atomic E-state index is 0.709. The third kappa shape index (κ3) is 2.32. The Morgan fingerprint density at radius 3 is 2.87 bits per heavy atom. The fourth-order valence-electron chi connectivity index (χ4n) is 1.67. The standard InChI is InChI=1S/C13H13BrO/c1-2-15-13-8-4-5-10-9-11(13)6-3-7-12(10)14/h3-8H,2,9H2,1H3. The van der Waals surface area contributed by atoms with Crippen molar-refractivity contribution < 1.29 is 4.74 Å². The molecular formula is C13H13BrO. The molecule has 78 valence electrons. The van der Waals surface area contributed by atoms with Gasteiger partial charge >= 0.3 is 0 Å². The summed E-state index contributed by atoms with van der Waals surface area (Å²) < 4.78 is 6.76. The van der Waals surface area contributed by atoms with Crippen LogP contribution in [0, 0.1) is 0 Å². The Morgan fingerprint density at radius 2 is 2.07 bits per heavy atom. The number of halogens is 1. The molecule has 0 aromatic rings. The number of fused-ring (bicyclic) bond motifs is 2. The first-order valence-corrected chi connectivity index (χ1v) is 5.88. The molecule has 0 atom stereocenters. The fourth-order valence-corrected chi connectivity index (χ4v) is 2.09. The molecule has 2 aliphatic carbocycles. The van der Waals surface area contributed by atoms with Gasteiger partial charge in [0.05, 0.1) is 6.61 Å². The van der Waals surface area contributed by atoms with Gasteiger partial charge in [0, 0.05) is 10.9 Å². The van der Waals surface area contributed by atoms with Gasteiger partial charge in [-0.1, -0.05) is 40.2 Å². The van der Waals surface area contributed by atoms with Crippen molar-refractivity contribution in [3.8, 4) is 0 Å². The zero-order valence-corrected chi connectivity index (χ0v) is 10.3. The van der Waals surface area contributed by atoms with E-state index in [1.807, 2.05) is 19.1 Å². The molecule has 2 aliphatic rings. The molecule has 0 aromatic heterocycles. The molecule has 2 rings (SSSR count). The molecular weight excluding hydrogens is 252 g/mol. The summed E-state index contributed by atoms with van der Waals surface area (Å²) in [5.74, 6) is 0.982. The Balaban J connectivity index is 2.38. The normalized spacial score (nSPS) is 19.3. The Bertz CT molecular complexity index is 408. The van der Waals surface area contributed by atoms with Gasteiger partial charge in [-0.05, 0) is 30.2 Å². The van der Waals surface area contributed by atoms with E-state index in [1.54, 1.807) is 0 Å². The maximum Gasteiger partial charge on any atom is 0.122 e. The van der Waals surface area contributed by atoms with Crippen LogP contribution < -0.4 is 0 Å². The molecule has 2 heteroatoms. The maximum atomic E-state index is 5.61. The highest BCUT2D eigenvalue weighted by Gasteiger charge is 2.13. The zero-order chi connectivity index (χ0) is 10.7. The van der Waals surface area contributed by atoms with Crippen molar-refractivity contribution in [3.05, 3.63) is 57.8 Å². The molecule has 0 heterocycles. The Morgan fingerprint density at radius 1 is 1.27 bits per heavy atom. The number of rotatable bonds is 2. The monoisotopic (exact) mass is 264 g/mol. The highest BCUT2D eigenvalue weighted by Crippen LogP contribution is 2.30. The van der Waals surface area contributed by atoms with Crippen molar-refractivity contribution in [2.45, 2.75) is 13.3 Å². The molecule has 0 saturated heterocycles. The Labute approximate surface area is 98.6 Å². The van der Waals surface area contributed by atoms with Gasteiger partial charge in [-0.3, -0.25) is 0 Å². The second-order valence-corrected chi connectivity index (χ2v) is 4.28. The second-order valence-electron chi connectivity index (χ2n) is 3.42. The number of allylic oxidation sites excluding steroid dienone is 9. The lowest BCUT2D eigenvalue weighted by Gasteiger charge is -2.10. The Kier molecular flexibility index (Phi) is 3.27. The van der Waals surface area contributed by atoms with Gasteiger partial charge in [-0.25, -0.2) is 0 Å². The van der Waals surface area contributed by atoms with Gasteiger partial charge in [0.2, 0.25) is 0 Å².